The maximum absolute atomic E-state index is 12.0. The molecule has 0 saturated carbocycles. The van der Waals surface area contributed by atoms with Gasteiger partial charge in [-0.3, -0.25) is 4.79 Å². The zero-order valence-corrected chi connectivity index (χ0v) is 11.8. The summed E-state index contributed by atoms with van der Waals surface area (Å²) in [6.07, 6.45) is 0.609. The first-order chi connectivity index (χ1) is 8.04. The highest BCUT2D eigenvalue weighted by Gasteiger charge is 2.31. The fraction of sp³-hybridized carbons (Fsp3) is 0.462. The van der Waals surface area contributed by atoms with Gasteiger partial charge in [-0.25, -0.2) is 0 Å². The van der Waals surface area contributed by atoms with Crippen molar-refractivity contribution in [3.8, 4) is 0 Å². The summed E-state index contributed by atoms with van der Waals surface area (Å²) in [6, 6.07) is 3.88. The topological polar surface area (TPSA) is 46.3 Å². The fourth-order valence-electron chi connectivity index (χ4n) is 2.28. The molecule has 1 heterocycles. The lowest BCUT2D eigenvalue weighted by Gasteiger charge is -2.22. The molecular weight excluding hydrogens is 280 g/mol. The highest BCUT2D eigenvalue weighted by atomic mass is 79.9. The van der Waals surface area contributed by atoms with Crippen LogP contribution >= 0.6 is 15.9 Å². The van der Waals surface area contributed by atoms with Crippen molar-refractivity contribution in [2.45, 2.75) is 20.3 Å². The summed E-state index contributed by atoms with van der Waals surface area (Å²) in [5, 5.41) is 0.861. The van der Waals surface area contributed by atoms with Gasteiger partial charge in [0, 0.05) is 18.3 Å². The zero-order chi connectivity index (χ0) is 12.6. The van der Waals surface area contributed by atoms with Gasteiger partial charge in [0.05, 0.1) is 11.4 Å². The van der Waals surface area contributed by atoms with Crippen LogP contribution < -0.4 is 10.6 Å². The Kier molecular flexibility index (Phi) is 3.43. The van der Waals surface area contributed by atoms with Crippen LogP contribution in [0.25, 0.3) is 0 Å². The molecule has 2 rings (SSSR count). The molecule has 1 fully saturated rings. The number of nitrogens with two attached hydrogens (primary N) is 1. The molecule has 3 nitrogen and oxygen atoms in total. The van der Waals surface area contributed by atoms with Crippen LogP contribution in [0.1, 0.15) is 17.5 Å². The van der Waals surface area contributed by atoms with Gasteiger partial charge in [-0.1, -0.05) is 22.0 Å². The summed E-state index contributed by atoms with van der Waals surface area (Å²) in [5.41, 5.74) is 9.88. The molecule has 0 aliphatic carbocycles. The van der Waals surface area contributed by atoms with E-state index < -0.39 is 0 Å². The van der Waals surface area contributed by atoms with Crippen molar-refractivity contribution in [3.05, 3.63) is 23.3 Å². The third-order valence-corrected chi connectivity index (χ3v) is 4.34. The average molecular weight is 297 g/mol. The molecule has 2 N–H and O–H groups in total. The van der Waals surface area contributed by atoms with Crippen molar-refractivity contribution >= 4 is 33.2 Å². The van der Waals surface area contributed by atoms with E-state index in [1.54, 1.807) is 0 Å². The lowest BCUT2D eigenvalue weighted by molar-refractivity contribution is -0.117. The van der Waals surface area contributed by atoms with Gasteiger partial charge in [0.15, 0.2) is 0 Å². The van der Waals surface area contributed by atoms with E-state index in [0.29, 0.717) is 18.0 Å². The second-order valence-corrected chi connectivity index (χ2v) is 5.32. The SMILES string of the molecule is Cc1ccc(N)c(N2CC(CBr)CC2=O)c1C. The third-order valence-electron chi connectivity index (χ3n) is 3.43. The monoisotopic (exact) mass is 296 g/mol. The summed E-state index contributed by atoms with van der Waals surface area (Å²) in [6.45, 7) is 4.83. The highest BCUT2D eigenvalue weighted by molar-refractivity contribution is 9.09. The first-order valence-corrected chi connectivity index (χ1v) is 6.88. The first kappa shape index (κ1) is 12.4. The number of nitrogens with zero attached hydrogens (tertiary/aromatic N) is 1. The summed E-state index contributed by atoms with van der Waals surface area (Å²) in [4.78, 5) is 13.8. The van der Waals surface area contributed by atoms with E-state index in [0.717, 1.165) is 23.1 Å². The van der Waals surface area contributed by atoms with E-state index in [-0.39, 0.29) is 5.91 Å². The van der Waals surface area contributed by atoms with Crippen molar-refractivity contribution in [2.75, 3.05) is 22.5 Å². The molecule has 1 amide bonds. The molecule has 1 aliphatic heterocycles. The molecule has 92 valence electrons. The Morgan fingerprint density at radius 2 is 2.18 bits per heavy atom. The summed E-state index contributed by atoms with van der Waals surface area (Å²) >= 11 is 3.45. The minimum atomic E-state index is 0.176. The molecule has 0 radical (unpaired) electrons. The van der Waals surface area contributed by atoms with Crippen LogP contribution in [0.2, 0.25) is 0 Å². The maximum atomic E-state index is 12.0. The second-order valence-electron chi connectivity index (χ2n) is 4.67. The number of aryl methyl sites for hydroxylation is 1. The van der Waals surface area contributed by atoms with E-state index in [4.69, 9.17) is 5.73 Å². The molecule has 0 spiro atoms. The molecule has 1 aromatic rings. The van der Waals surface area contributed by atoms with Gasteiger partial charge in [-0.05, 0) is 37.0 Å². The van der Waals surface area contributed by atoms with Crippen LogP contribution in [0.3, 0.4) is 0 Å². The lowest BCUT2D eigenvalue weighted by atomic mass is 10.1. The Balaban J connectivity index is 2.41. The molecule has 0 bridgehead atoms. The quantitative estimate of drug-likeness (QED) is 0.674. The number of carbonyl (C=O) groups is 1. The minimum Gasteiger partial charge on any atom is -0.397 e. The van der Waals surface area contributed by atoms with E-state index in [2.05, 4.69) is 15.9 Å². The summed E-state index contributed by atoms with van der Waals surface area (Å²) in [7, 11) is 0. The fourth-order valence-corrected chi connectivity index (χ4v) is 2.71. The number of anilines is 2. The van der Waals surface area contributed by atoms with E-state index in [9.17, 15) is 4.79 Å². The molecule has 1 unspecified atom stereocenters. The van der Waals surface area contributed by atoms with Gasteiger partial charge in [0.25, 0.3) is 0 Å². The third kappa shape index (κ3) is 2.18. The van der Waals surface area contributed by atoms with Crippen molar-refractivity contribution in [1.82, 2.24) is 0 Å². The van der Waals surface area contributed by atoms with Crippen molar-refractivity contribution in [1.29, 1.82) is 0 Å². The van der Waals surface area contributed by atoms with Crippen LogP contribution in [0.5, 0.6) is 0 Å². The van der Waals surface area contributed by atoms with Crippen LogP contribution in [0, 0.1) is 19.8 Å². The van der Waals surface area contributed by atoms with Crippen molar-refractivity contribution in [3.63, 3.8) is 0 Å². The van der Waals surface area contributed by atoms with Crippen molar-refractivity contribution in [2.24, 2.45) is 5.92 Å². The van der Waals surface area contributed by atoms with Gasteiger partial charge in [-0.15, -0.1) is 0 Å². The number of hydrogen-bond acceptors (Lipinski definition) is 2. The van der Waals surface area contributed by atoms with E-state index in [1.807, 2.05) is 30.9 Å². The van der Waals surface area contributed by atoms with Crippen LogP contribution in [0.4, 0.5) is 11.4 Å². The van der Waals surface area contributed by atoms with E-state index >= 15 is 0 Å². The number of rotatable bonds is 2. The number of amides is 1. The molecule has 0 aromatic heterocycles. The Bertz CT molecular complexity index is 459. The summed E-state index contributed by atoms with van der Waals surface area (Å²) < 4.78 is 0. The van der Waals surface area contributed by atoms with Gasteiger partial charge >= 0.3 is 0 Å². The summed E-state index contributed by atoms with van der Waals surface area (Å²) in [5.74, 6) is 0.566. The molecular formula is C13H17BrN2O. The molecule has 4 heteroatoms. The first-order valence-electron chi connectivity index (χ1n) is 5.76. The number of benzene rings is 1. The number of alkyl halides is 1. The maximum Gasteiger partial charge on any atom is 0.227 e. The number of carbonyl (C=O) groups excluding carboxylic acids is 1. The number of halogens is 1. The Morgan fingerprint density at radius 3 is 2.76 bits per heavy atom. The van der Waals surface area contributed by atoms with Crippen LogP contribution in [-0.4, -0.2) is 17.8 Å². The van der Waals surface area contributed by atoms with Gasteiger partial charge in [0.2, 0.25) is 5.91 Å². The standard InChI is InChI=1S/C13H17BrN2O/c1-8-3-4-11(15)13(9(8)2)16-7-10(6-14)5-12(16)17/h3-4,10H,5-7,15H2,1-2H3. The largest absolute Gasteiger partial charge is 0.397 e. The van der Waals surface area contributed by atoms with E-state index in [1.165, 1.54) is 5.56 Å². The Labute approximate surface area is 110 Å². The molecule has 1 aliphatic rings. The lowest BCUT2D eigenvalue weighted by Crippen LogP contribution is -2.26. The normalized spacial score (nSPS) is 20.1. The van der Waals surface area contributed by atoms with Gasteiger partial charge in [0.1, 0.15) is 0 Å². The predicted octanol–water partition coefficient (Wildman–Crippen LogP) is 2.63. The Hall–Kier alpha value is -1.03. The van der Waals surface area contributed by atoms with Gasteiger partial charge < -0.3 is 10.6 Å². The predicted molar refractivity (Wildman–Crippen MR) is 74.6 cm³/mol. The average Bonchev–Trinajstić information content (AvgIpc) is 2.66. The van der Waals surface area contributed by atoms with Crippen LogP contribution in [0.15, 0.2) is 12.1 Å². The van der Waals surface area contributed by atoms with Gasteiger partial charge in [-0.2, -0.15) is 0 Å². The van der Waals surface area contributed by atoms with Crippen molar-refractivity contribution < 1.29 is 4.79 Å². The molecule has 1 saturated heterocycles. The number of hydrogen-bond donors (Lipinski definition) is 1. The molecule has 1 aromatic carbocycles. The molecule has 17 heavy (non-hydrogen) atoms. The highest BCUT2D eigenvalue weighted by Crippen LogP contribution is 2.34. The minimum absolute atomic E-state index is 0.176. The zero-order valence-electron chi connectivity index (χ0n) is 10.2. The molecule has 1 atom stereocenters. The smallest absolute Gasteiger partial charge is 0.227 e. The second kappa shape index (κ2) is 4.69. The number of nitrogen functional groups attached to an aromatic ring is 1. The Morgan fingerprint density at radius 1 is 1.47 bits per heavy atom. The van der Waals surface area contributed by atoms with Crippen LogP contribution in [-0.2, 0) is 4.79 Å².